The molecule has 0 aliphatic carbocycles. The first-order chi connectivity index (χ1) is 15.4. The molecule has 1 aliphatic heterocycles. The minimum atomic E-state index is -3.56. The second-order valence-electron chi connectivity index (χ2n) is 7.62. The number of hydrogen-bond donors (Lipinski definition) is 1. The van der Waals surface area contributed by atoms with E-state index in [2.05, 4.69) is 24.1 Å². The van der Waals surface area contributed by atoms with Crippen LogP contribution in [-0.4, -0.2) is 76.5 Å². The zero-order chi connectivity index (χ0) is 23.1. The van der Waals surface area contributed by atoms with Crippen LogP contribution in [0.25, 0.3) is 0 Å². The van der Waals surface area contributed by atoms with E-state index in [0.29, 0.717) is 31.9 Å². The Hall–Kier alpha value is -2.62. The lowest BCUT2D eigenvalue weighted by Gasteiger charge is -2.33. The van der Waals surface area contributed by atoms with E-state index in [1.807, 2.05) is 29.2 Å². The van der Waals surface area contributed by atoms with Crippen LogP contribution in [0.1, 0.15) is 13.8 Å². The molecule has 1 amide bonds. The van der Waals surface area contributed by atoms with Crippen molar-refractivity contribution < 1.29 is 17.9 Å². The predicted octanol–water partition coefficient (Wildman–Crippen LogP) is 2.49. The number of piperazine rings is 1. The molecule has 1 saturated heterocycles. The van der Waals surface area contributed by atoms with Crippen molar-refractivity contribution >= 4 is 27.3 Å². The van der Waals surface area contributed by atoms with Gasteiger partial charge in [-0.15, -0.1) is 0 Å². The van der Waals surface area contributed by atoms with Crippen molar-refractivity contribution in [2.75, 3.05) is 63.1 Å². The number of rotatable bonds is 9. The first-order valence-corrected chi connectivity index (χ1v) is 12.3. The van der Waals surface area contributed by atoms with E-state index in [-0.39, 0.29) is 17.3 Å². The lowest BCUT2D eigenvalue weighted by atomic mass is 10.2. The Morgan fingerprint density at radius 1 is 0.969 bits per heavy atom. The van der Waals surface area contributed by atoms with Gasteiger partial charge in [0, 0.05) is 50.6 Å². The van der Waals surface area contributed by atoms with E-state index in [0.717, 1.165) is 24.5 Å². The van der Waals surface area contributed by atoms with Gasteiger partial charge in [-0.05, 0) is 62.4 Å². The van der Waals surface area contributed by atoms with Gasteiger partial charge in [-0.3, -0.25) is 9.69 Å². The molecule has 0 radical (unpaired) electrons. The third-order valence-electron chi connectivity index (χ3n) is 5.68. The van der Waals surface area contributed by atoms with Gasteiger partial charge >= 0.3 is 0 Å². The molecular weight excluding hydrogens is 428 g/mol. The molecule has 1 aliphatic rings. The van der Waals surface area contributed by atoms with Gasteiger partial charge < -0.3 is 15.0 Å². The van der Waals surface area contributed by atoms with Gasteiger partial charge in [0.25, 0.3) is 0 Å². The van der Waals surface area contributed by atoms with Gasteiger partial charge in [-0.25, -0.2) is 8.42 Å². The Balaban J connectivity index is 1.50. The molecular formula is C23H32N4O4S. The third-order valence-corrected chi connectivity index (χ3v) is 7.59. The van der Waals surface area contributed by atoms with Crippen LogP contribution in [-0.2, 0) is 14.8 Å². The molecule has 0 unspecified atom stereocenters. The fraction of sp³-hybridized carbons (Fsp3) is 0.435. The first kappa shape index (κ1) is 24.0. The van der Waals surface area contributed by atoms with Crippen molar-refractivity contribution in [3.8, 4) is 5.75 Å². The summed E-state index contributed by atoms with van der Waals surface area (Å²) in [6.45, 7) is 8.02. The molecule has 1 fully saturated rings. The molecule has 8 nitrogen and oxygen atoms in total. The largest absolute Gasteiger partial charge is 0.497 e. The number of ether oxygens (including phenoxy) is 1. The number of nitrogens with one attached hydrogen (secondary N) is 1. The average molecular weight is 461 g/mol. The number of sulfonamides is 1. The van der Waals surface area contributed by atoms with Crippen molar-refractivity contribution in [2.24, 2.45) is 0 Å². The second-order valence-corrected chi connectivity index (χ2v) is 9.56. The quantitative estimate of drug-likeness (QED) is 0.619. The van der Waals surface area contributed by atoms with Crippen LogP contribution in [0.4, 0.5) is 11.4 Å². The Morgan fingerprint density at radius 3 is 2.09 bits per heavy atom. The molecule has 0 saturated carbocycles. The fourth-order valence-electron chi connectivity index (χ4n) is 3.77. The molecule has 1 N–H and O–H groups in total. The summed E-state index contributed by atoms with van der Waals surface area (Å²) in [5.41, 5.74) is 1.88. The van der Waals surface area contributed by atoms with E-state index in [9.17, 15) is 13.2 Å². The average Bonchev–Trinajstić information content (AvgIpc) is 2.81. The van der Waals surface area contributed by atoms with E-state index >= 15 is 0 Å². The van der Waals surface area contributed by atoms with E-state index in [4.69, 9.17) is 4.74 Å². The third kappa shape index (κ3) is 5.79. The molecule has 174 valence electrons. The first-order valence-electron chi connectivity index (χ1n) is 10.9. The highest BCUT2D eigenvalue weighted by molar-refractivity contribution is 7.89. The van der Waals surface area contributed by atoms with Gasteiger partial charge in [0.05, 0.1) is 18.6 Å². The number of nitrogens with zero attached hydrogens (tertiary/aromatic N) is 3. The summed E-state index contributed by atoms with van der Waals surface area (Å²) in [6, 6.07) is 14.2. The summed E-state index contributed by atoms with van der Waals surface area (Å²) in [5, 5.41) is 2.93. The van der Waals surface area contributed by atoms with Gasteiger partial charge in [0.2, 0.25) is 15.9 Å². The zero-order valence-electron chi connectivity index (χ0n) is 19.0. The highest BCUT2D eigenvalue weighted by Crippen LogP contribution is 2.21. The Kier molecular flexibility index (Phi) is 8.11. The second kappa shape index (κ2) is 10.8. The SMILES string of the molecule is CCN(CC)c1ccc(NC(=O)CN2CCN(S(=O)(=O)c3ccc(OC)cc3)CC2)cc1. The van der Waals surface area contributed by atoms with Gasteiger partial charge in [-0.2, -0.15) is 4.31 Å². The van der Waals surface area contributed by atoms with Crippen LogP contribution >= 0.6 is 0 Å². The molecule has 3 rings (SSSR count). The van der Waals surface area contributed by atoms with Crippen molar-refractivity contribution in [3.63, 3.8) is 0 Å². The fourth-order valence-corrected chi connectivity index (χ4v) is 5.19. The predicted molar refractivity (Wildman–Crippen MR) is 127 cm³/mol. The Morgan fingerprint density at radius 2 is 1.56 bits per heavy atom. The van der Waals surface area contributed by atoms with Crippen molar-refractivity contribution in [2.45, 2.75) is 18.7 Å². The van der Waals surface area contributed by atoms with E-state index in [1.165, 1.54) is 4.31 Å². The standard InChI is InChI=1S/C23H32N4O4S/c1-4-26(5-2)20-8-6-19(7-9-20)24-23(28)18-25-14-16-27(17-15-25)32(29,30)22-12-10-21(31-3)11-13-22/h6-13H,4-5,14-18H2,1-3H3,(H,24,28). The minimum Gasteiger partial charge on any atom is -0.497 e. The van der Waals surface area contributed by atoms with Gasteiger partial charge in [0.15, 0.2) is 0 Å². The molecule has 32 heavy (non-hydrogen) atoms. The summed E-state index contributed by atoms with van der Waals surface area (Å²) in [6.07, 6.45) is 0. The lowest BCUT2D eigenvalue weighted by Crippen LogP contribution is -2.50. The normalized spacial score (nSPS) is 15.3. The molecule has 0 bridgehead atoms. The number of methoxy groups -OCH3 is 1. The van der Waals surface area contributed by atoms with Crippen LogP contribution in [0.5, 0.6) is 5.75 Å². The molecule has 0 atom stereocenters. The molecule has 0 aromatic heterocycles. The number of carbonyl (C=O) groups excluding carboxylic acids is 1. The molecule has 9 heteroatoms. The van der Waals surface area contributed by atoms with Crippen LogP contribution in [0.2, 0.25) is 0 Å². The lowest BCUT2D eigenvalue weighted by molar-refractivity contribution is -0.117. The maximum Gasteiger partial charge on any atom is 0.243 e. The highest BCUT2D eigenvalue weighted by Gasteiger charge is 2.29. The summed E-state index contributed by atoms with van der Waals surface area (Å²) in [7, 11) is -2.01. The summed E-state index contributed by atoms with van der Waals surface area (Å²) in [5.74, 6) is 0.509. The smallest absolute Gasteiger partial charge is 0.243 e. The highest BCUT2D eigenvalue weighted by atomic mass is 32.2. The number of hydrogen-bond acceptors (Lipinski definition) is 6. The van der Waals surface area contributed by atoms with Crippen molar-refractivity contribution in [3.05, 3.63) is 48.5 Å². The maximum absolute atomic E-state index is 12.9. The molecule has 1 heterocycles. The maximum atomic E-state index is 12.9. The molecule has 0 spiro atoms. The Bertz CT molecular complexity index is 982. The van der Waals surface area contributed by atoms with Crippen LogP contribution in [0.15, 0.2) is 53.4 Å². The summed E-state index contributed by atoms with van der Waals surface area (Å²) < 4.78 is 32.3. The van der Waals surface area contributed by atoms with Gasteiger partial charge in [0.1, 0.15) is 5.75 Å². The molecule has 2 aromatic rings. The van der Waals surface area contributed by atoms with Crippen LogP contribution < -0.4 is 15.0 Å². The summed E-state index contributed by atoms with van der Waals surface area (Å²) in [4.78, 5) is 16.9. The number of benzene rings is 2. The van der Waals surface area contributed by atoms with Crippen LogP contribution in [0.3, 0.4) is 0 Å². The zero-order valence-corrected chi connectivity index (χ0v) is 19.8. The monoisotopic (exact) mass is 460 g/mol. The van der Waals surface area contributed by atoms with E-state index in [1.54, 1.807) is 31.4 Å². The number of carbonyl (C=O) groups is 1. The summed E-state index contributed by atoms with van der Waals surface area (Å²) >= 11 is 0. The van der Waals surface area contributed by atoms with Gasteiger partial charge in [-0.1, -0.05) is 0 Å². The molecule has 2 aromatic carbocycles. The topological polar surface area (TPSA) is 82.2 Å². The van der Waals surface area contributed by atoms with Crippen molar-refractivity contribution in [1.29, 1.82) is 0 Å². The number of amides is 1. The van der Waals surface area contributed by atoms with E-state index < -0.39 is 10.0 Å². The number of anilines is 2. The van der Waals surface area contributed by atoms with Crippen molar-refractivity contribution in [1.82, 2.24) is 9.21 Å². The minimum absolute atomic E-state index is 0.105. The van der Waals surface area contributed by atoms with Crippen LogP contribution in [0, 0.1) is 0 Å². The Labute approximate surface area is 190 Å².